The number of rotatable bonds is 6. The van der Waals surface area contributed by atoms with Gasteiger partial charge in [0.2, 0.25) is 5.91 Å². The molecule has 8 nitrogen and oxygen atoms in total. The van der Waals surface area contributed by atoms with E-state index in [0.717, 1.165) is 15.6 Å². The van der Waals surface area contributed by atoms with Gasteiger partial charge in [-0.2, -0.15) is 5.10 Å². The van der Waals surface area contributed by atoms with E-state index in [0.29, 0.717) is 42.5 Å². The Morgan fingerprint density at radius 2 is 1.89 bits per heavy atom. The van der Waals surface area contributed by atoms with Gasteiger partial charge in [-0.05, 0) is 31.9 Å². The van der Waals surface area contributed by atoms with Crippen molar-refractivity contribution in [2.75, 3.05) is 19.7 Å². The number of hydrogen-bond acceptors (Lipinski definition) is 5. The molecule has 186 valence electrons. The van der Waals surface area contributed by atoms with E-state index in [-0.39, 0.29) is 43.2 Å². The lowest BCUT2D eigenvalue weighted by atomic mass is 9.98. The molecule has 1 aliphatic heterocycles. The van der Waals surface area contributed by atoms with Crippen LogP contribution < -0.4 is 5.56 Å². The molecule has 3 heterocycles. The average Bonchev–Trinajstić information content (AvgIpc) is 3.21. The lowest BCUT2D eigenvalue weighted by Crippen LogP contribution is -2.45. The molecule has 2 aromatic heterocycles. The van der Waals surface area contributed by atoms with E-state index in [1.807, 2.05) is 24.3 Å². The van der Waals surface area contributed by atoms with Crippen molar-refractivity contribution in [3.8, 4) is 0 Å². The largest absolute Gasteiger partial charge is 0.466 e. The van der Waals surface area contributed by atoms with Gasteiger partial charge in [0, 0.05) is 34.9 Å². The maximum Gasteiger partial charge on any atom is 0.310 e. The zero-order valence-electron chi connectivity index (χ0n) is 20.0. The molecular weight excluding hydrogens is 463 g/mol. The summed E-state index contributed by atoms with van der Waals surface area (Å²) >= 11 is 0. The molecule has 0 aliphatic carbocycles. The Morgan fingerprint density at radius 3 is 2.69 bits per heavy atom. The molecule has 0 radical (unpaired) electrons. The summed E-state index contributed by atoms with van der Waals surface area (Å²) in [4.78, 5) is 40.5. The van der Waals surface area contributed by atoms with E-state index in [1.165, 1.54) is 6.07 Å². The van der Waals surface area contributed by atoms with Gasteiger partial charge >= 0.3 is 5.97 Å². The van der Waals surface area contributed by atoms with Crippen molar-refractivity contribution in [3.63, 3.8) is 0 Å². The standard InChI is InChI=1S/C27H27FN4O4/c1-2-36-27(35)19-9-7-13-30(15-19)24(33)17-32-26(34)25-21(14-29-32)20-10-4-6-12-23(20)31(25)16-18-8-3-5-11-22(18)28/h3-6,8,10-12,14,19H,2,7,9,13,15-17H2,1H3/t19-/m0/s1. The molecule has 36 heavy (non-hydrogen) atoms. The quantitative estimate of drug-likeness (QED) is 0.387. The number of halogens is 1. The Balaban J connectivity index is 1.49. The van der Waals surface area contributed by atoms with E-state index < -0.39 is 5.56 Å². The van der Waals surface area contributed by atoms with Crippen molar-refractivity contribution in [2.24, 2.45) is 5.92 Å². The minimum atomic E-state index is -0.424. The second-order valence-corrected chi connectivity index (χ2v) is 9.00. The van der Waals surface area contributed by atoms with E-state index in [4.69, 9.17) is 4.74 Å². The Labute approximate surface area is 206 Å². The number of likely N-dealkylation sites (tertiary alicyclic amines) is 1. The zero-order chi connectivity index (χ0) is 25.2. The highest BCUT2D eigenvalue weighted by atomic mass is 19.1. The second-order valence-electron chi connectivity index (χ2n) is 9.00. The zero-order valence-corrected chi connectivity index (χ0v) is 20.0. The van der Waals surface area contributed by atoms with Crippen molar-refractivity contribution in [1.29, 1.82) is 0 Å². The number of benzene rings is 2. The third-order valence-corrected chi connectivity index (χ3v) is 6.74. The average molecular weight is 491 g/mol. The number of amides is 1. The van der Waals surface area contributed by atoms with E-state index in [2.05, 4.69) is 5.10 Å². The Hall–Kier alpha value is -4.01. The van der Waals surface area contributed by atoms with Gasteiger partial charge in [0.1, 0.15) is 17.9 Å². The molecule has 5 rings (SSSR count). The number of fused-ring (bicyclic) bond motifs is 3. The maximum absolute atomic E-state index is 14.5. The molecule has 1 saturated heterocycles. The van der Waals surface area contributed by atoms with Crippen LogP contribution in [0, 0.1) is 11.7 Å². The van der Waals surface area contributed by atoms with Crippen LogP contribution >= 0.6 is 0 Å². The molecule has 0 unspecified atom stereocenters. The maximum atomic E-state index is 14.5. The first-order valence-electron chi connectivity index (χ1n) is 12.1. The minimum Gasteiger partial charge on any atom is -0.466 e. The van der Waals surface area contributed by atoms with Crippen LogP contribution in [0.1, 0.15) is 25.3 Å². The monoisotopic (exact) mass is 490 g/mol. The van der Waals surface area contributed by atoms with Crippen LogP contribution in [0.5, 0.6) is 0 Å². The van der Waals surface area contributed by atoms with Crippen molar-refractivity contribution in [2.45, 2.75) is 32.9 Å². The summed E-state index contributed by atoms with van der Waals surface area (Å²) in [5.74, 6) is -1.30. The lowest BCUT2D eigenvalue weighted by molar-refractivity contribution is -0.151. The topological polar surface area (TPSA) is 86.4 Å². The lowest BCUT2D eigenvalue weighted by Gasteiger charge is -2.31. The number of nitrogens with zero attached hydrogens (tertiary/aromatic N) is 4. The number of carbonyl (C=O) groups excluding carboxylic acids is 2. The van der Waals surface area contributed by atoms with Crippen molar-refractivity contribution in [3.05, 3.63) is 76.5 Å². The normalized spacial score (nSPS) is 15.9. The number of aromatic nitrogens is 3. The molecule has 0 bridgehead atoms. The number of piperidine rings is 1. The van der Waals surface area contributed by atoms with Crippen LogP contribution in [0.25, 0.3) is 21.8 Å². The first kappa shape index (κ1) is 23.7. The predicted molar refractivity (Wildman–Crippen MR) is 133 cm³/mol. The summed E-state index contributed by atoms with van der Waals surface area (Å²) in [5, 5.41) is 5.77. The summed E-state index contributed by atoms with van der Waals surface area (Å²) in [6, 6.07) is 14.0. The fraction of sp³-hybridized carbons (Fsp3) is 0.333. The second kappa shape index (κ2) is 9.93. The van der Waals surface area contributed by atoms with Gasteiger partial charge in [-0.1, -0.05) is 36.4 Å². The Kier molecular flexibility index (Phi) is 6.54. The van der Waals surface area contributed by atoms with Gasteiger partial charge in [-0.3, -0.25) is 14.4 Å². The number of esters is 1. The van der Waals surface area contributed by atoms with Crippen molar-refractivity contribution in [1.82, 2.24) is 19.2 Å². The van der Waals surface area contributed by atoms with Gasteiger partial charge < -0.3 is 14.2 Å². The molecular formula is C27H27FN4O4. The summed E-state index contributed by atoms with van der Waals surface area (Å²) in [5.41, 5.74) is 1.18. The smallest absolute Gasteiger partial charge is 0.310 e. The first-order chi connectivity index (χ1) is 17.5. The summed E-state index contributed by atoms with van der Waals surface area (Å²) in [7, 11) is 0. The fourth-order valence-electron chi connectivity index (χ4n) is 4.95. The third kappa shape index (κ3) is 4.36. The van der Waals surface area contributed by atoms with E-state index in [1.54, 1.807) is 40.8 Å². The molecule has 0 N–H and O–H groups in total. The van der Waals surface area contributed by atoms with Gasteiger partial charge in [-0.15, -0.1) is 0 Å². The predicted octanol–water partition coefficient (Wildman–Crippen LogP) is 3.34. The van der Waals surface area contributed by atoms with Crippen LogP contribution in [0.15, 0.2) is 59.5 Å². The molecule has 2 aromatic carbocycles. The molecule has 0 spiro atoms. The Morgan fingerprint density at radius 1 is 1.11 bits per heavy atom. The molecule has 4 aromatic rings. The summed E-state index contributed by atoms with van der Waals surface area (Å²) < 4.78 is 22.5. The molecule has 0 saturated carbocycles. The van der Waals surface area contributed by atoms with Crippen LogP contribution in [-0.2, 0) is 27.4 Å². The van der Waals surface area contributed by atoms with E-state index in [9.17, 15) is 18.8 Å². The third-order valence-electron chi connectivity index (χ3n) is 6.74. The number of carbonyl (C=O) groups is 2. The van der Waals surface area contributed by atoms with Gasteiger partial charge in [-0.25, -0.2) is 9.07 Å². The molecule has 1 fully saturated rings. The van der Waals surface area contributed by atoms with Crippen LogP contribution in [-0.4, -0.2) is 50.8 Å². The fourth-order valence-corrected chi connectivity index (χ4v) is 4.95. The minimum absolute atomic E-state index is 0.164. The van der Waals surface area contributed by atoms with Crippen molar-refractivity contribution >= 4 is 33.7 Å². The highest BCUT2D eigenvalue weighted by molar-refractivity contribution is 6.07. The SMILES string of the molecule is CCOC(=O)[C@H]1CCCN(C(=O)Cn2ncc3c4ccccc4n(Cc4ccccc4F)c3c2=O)C1. The van der Waals surface area contributed by atoms with Crippen LogP contribution in [0.4, 0.5) is 4.39 Å². The number of para-hydroxylation sites is 1. The van der Waals surface area contributed by atoms with E-state index >= 15 is 0 Å². The number of hydrogen-bond donors (Lipinski definition) is 0. The van der Waals surface area contributed by atoms with Crippen LogP contribution in [0.3, 0.4) is 0 Å². The highest BCUT2D eigenvalue weighted by Gasteiger charge is 2.30. The highest BCUT2D eigenvalue weighted by Crippen LogP contribution is 2.27. The Bertz CT molecular complexity index is 1510. The van der Waals surface area contributed by atoms with Gasteiger partial charge in [0.15, 0.2) is 0 Å². The van der Waals surface area contributed by atoms with Gasteiger partial charge in [0.05, 0.1) is 25.3 Å². The molecule has 1 atom stereocenters. The molecule has 1 amide bonds. The molecule has 9 heteroatoms. The van der Waals surface area contributed by atoms with Crippen LogP contribution in [0.2, 0.25) is 0 Å². The molecule has 1 aliphatic rings. The van der Waals surface area contributed by atoms with Gasteiger partial charge in [0.25, 0.3) is 5.56 Å². The summed E-state index contributed by atoms with van der Waals surface area (Å²) in [6.45, 7) is 2.75. The summed E-state index contributed by atoms with van der Waals surface area (Å²) in [6.07, 6.45) is 2.94. The van der Waals surface area contributed by atoms with Crippen molar-refractivity contribution < 1.29 is 18.7 Å². The first-order valence-corrected chi connectivity index (χ1v) is 12.1. The number of ether oxygens (including phenoxy) is 1.